The Labute approximate surface area is 127 Å². The van der Waals surface area contributed by atoms with Crippen molar-refractivity contribution in [3.8, 4) is 0 Å². The molecule has 0 fully saturated rings. The van der Waals surface area contributed by atoms with E-state index in [4.69, 9.17) is 0 Å². The molecule has 0 aliphatic heterocycles. The molecule has 110 valence electrons. The summed E-state index contributed by atoms with van der Waals surface area (Å²) in [5, 5.41) is 7.78. The quantitative estimate of drug-likeness (QED) is 0.891. The van der Waals surface area contributed by atoms with Gasteiger partial charge < -0.3 is 5.32 Å². The van der Waals surface area contributed by atoms with Crippen molar-refractivity contribution in [3.05, 3.63) is 47.5 Å². The number of benzene rings is 1. The molecule has 5 heteroatoms. The number of nitrogens with zero attached hydrogens (tertiary/aromatic N) is 3. The molecule has 1 heterocycles. The van der Waals surface area contributed by atoms with E-state index >= 15 is 0 Å². The van der Waals surface area contributed by atoms with E-state index in [2.05, 4.69) is 53.5 Å². The Bertz CT molecular complexity index is 508. The van der Waals surface area contributed by atoms with Crippen LogP contribution in [-0.2, 0) is 19.5 Å². The van der Waals surface area contributed by atoms with E-state index in [-0.39, 0.29) is 12.4 Å². The van der Waals surface area contributed by atoms with Crippen LogP contribution < -0.4 is 5.32 Å². The van der Waals surface area contributed by atoms with Gasteiger partial charge in [-0.2, -0.15) is 5.10 Å². The molecule has 0 atom stereocenters. The van der Waals surface area contributed by atoms with Gasteiger partial charge in [-0.05, 0) is 18.5 Å². The molecule has 0 saturated heterocycles. The molecule has 0 amide bonds. The highest BCUT2D eigenvalue weighted by Gasteiger charge is 2.10. The van der Waals surface area contributed by atoms with Gasteiger partial charge in [0.15, 0.2) is 5.82 Å². The van der Waals surface area contributed by atoms with Crippen LogP contribution >= 0.6 is 12.4 Å². The summed E-state index contributed by atoms with van der Waals surface area (Å²) in [6.07, 6.45) is 0.929. The van der Waals surface area contributed by atoms with Crippen molar-refractivity contribution in [1.29, 1.82) is 0 Å². The first-order valence-electron chi connectivity index (χ1n) is 6.80. The van der Waals surface area contributed by atoms with E-state index < -0.39 is 0 Å². The highest BCUT2D eigenvalue weighted by atomic mass is 35.5. The molecular weight excluding hydrogens is 272 g/mol. The lowest BCUT2D eigenvalue weighted by Crippen LogP contribution is -2.13. The van der Waals surface area contributed by atoms with E-state index in [1.54, 1.807) is 0 Å². The van der Waals surface area contributed by atoms with Crippen molar-refractivity contribution in [3.63, 3.8) is 0 Å². The maximum absolute atomic E-state index is 4.63. The summed E-state index contributed by atoms with van der Waals surface area (Å²) in [5.74, 6) is 2.52. The largest absolute Gasteiger partial charge is 0.313 e. The number of halogens is 1. The minimum atomic E-state index is 0. The minimum absolute atomic E-state index is 0. The first-order chi connectivity index (χ1) is 9.19. The minimum Gasteiger partial charge on any atom is -0.313 e. The zero-order valence-corrected chi connectivity index (χ0v) is 13.2. The second kappa shape index (κ2) is 8.02. The summed E-state index contributed by atoms with van der Waals surface area (Å²) in [7, 11) is 1.93. The SMILES string of the molecule is CNCc1nc(CC(C)C)nn1Cc1ccccc1.Cl. The zero-order chi connectivity index (χ0) is 13.7. The zero-order valence-electron chi connectivity index (χ0n) is 12.3. The van der Waals surface area contributed by atoms with Crippen LogP contribution in [0, 0.1) is 5.92 Å². The second-order valence-electron chi connectivity index (χ2n) is 5.22. The molecule has 20 heavy (non-hydrogen) atoms. The first-order valence-corrected chi connectivity index (χ1v) is 6.80. The summed E-state index contributed by atoms with van der Waals surface area (Å²) in [6, 6.07) is 10.4. The second-order valence-corrected chi connectivity index (χ2v) is 5.22. The van der Waals surface area contributed by atoms with Gasteiger partial charge >= 0.3 is 0 Å². The molecule has 1 aromatic carbocycles. The van der Waals surface area contributed by atoms with Crippen molar-refractivity contribution >= 4 is 12.4 Å². The van der Waals surface area contributed by atoms with Crippen molar-refractivity contribution in [2.24, 2.45) is 5.92 Å². The number of aromatic nitrogens is 3. The van der Waals surface area contributed by atoms with E-state index in [1.807, 2.05) is 17.8 Å². The van der Waals surface area contributed by atoms with Gasteiger partial charge in [0.25, 0.3) is 0 Å². The Morgan fingerprint density at radius 3 is 2.50 bits per heavy atom. The average Bonchev–Trinajstić information content (AvgIpc) is 2.72. The van der Waals surface area contributed by atoms with Crippen LogP contribution in [0.5, 0.6) is 0 Å². The van der Waals surface area contributed by atoms with Gasteiger partial charge in [0.05, 0.1) is 13.1 Å². The molecule has 2 aromatic rings. The van der Waals surface area contributed by atoms with E-state index in [1.165, 1.54) is 5.56 Å². The Morgan fingerprint density at radius 2 is 1.90 bits per heavy atom. The lowest BCUT2D eigenvalue weighted by Gasteiger charge is -2.05. The fourth-order valence-electron chi connectivity index (χ4n) is 2.05. The summed E-state index contributed by atoms with van der Waals surface area (Å²) in [5.41, 5.74) is 1.25. The average molecular weight is 295 g/mol. The summed E-state index contributed by atoms with van der Waals surface area (Å²) in [4.78, 5) is 4.63. The molecule has 1 N–H and O–H groups in total. The van der Waals surface area contributed by atoms with Gasteiger partial charge in [-0.3, -0.25) is 0 Å². The van der Waals surface area contributed by atoms with Gasteiger partial charge in [0, 0.05) is 6.42 Å². The van der Waals surface area contributed by atoms with Crippen LogP contribution in [0.2, 0.25) is 0 Å². The Hall–Kier alpha value is -1.39. The van der Waals surface area contributed by atoms with Gasteiger partial charge in [-0.15, -0.1) is 12.4 Å². The summed E-state index contributed by atoms with van der Waals surface area (Å²) in [6.45, 7) is 5.91. The predicted octanol–water partition coefficient (Wildman–Crippen LogP) is 2.67. The molecule has 4 nitrogen and oxygen atoms in total. The van der Waals surface area contributed by atoms with Crippen molar-refractivity contribution in [2.45, 2.75) is 33.4 Å². The van der Waals surface area contributed by atoms with Crippen molar-refractivity contribution < 1.29 is 0 Å². The molecular formula is C15H23ClN4. The molecule has 0 radical (unpaired) electrons. The molecule has 0 unspecified atom stereocenters. The Morgan fingerprint density at radius 1 is 1.20 bits per heavy atom. The van der Waals surface area contributed by atoms with E-state index in [0.29, 0.717) is 5.92 Å². The van der Waals surface area contributed by atoms with Crippen molar-refractivity contribution in [2.75, 3.05) is 7.05 Å². The fourth-order valence-corrected chi connectivity index (χ4v) is 2.05. The van der Waals surface area contributed by atoms with Gasteiger partial charge in [-0.25, -0.2) is 9.67 Å². The third kappa shape index (κ3) is 4.62. The molecule has 0 spiro atoms. The molecule has 0 saturated carbocycles. The van der Waals surface area contributed by atoms with Crippen LogP contribution in [0.25, 0.3) is 0 Å². The lowest BCUT2D eigenvalue weighted by atomic mass is 10.1. The van der Waals surface area contributed by atoms with Crippen LogP contribution in [-0.4, -0.2) is 21.8 Å². The number of hydrogen-bond donors (Lipinski definition) is 1. The topological polar surface area (TPSA) is 42.7 Å². The number of rotatable bonds is 6. The van der Waals surface area contributed by atoms with E-state index in [0.717, 1.165) is 31.2 Å². The molecule has 0 bridgehead atoms. The lowest BCUT2D eigenvalue weighted by molar-refractivity contribution is 0.590. The third-order valence-electron chi connectivity index (χ3n) is 2.89. The van der Waals surface area contributed by atoms with Crippen LogP contribution in [0.1, 0.15) is 31.1 Å². The summed E-state index contributed by atoms with van der Waals surface area (Å²) >= 11 is 0. The van der Waals surface area contributed by atoms with Crippen LogP contribution in [0.3, 0.4) is 0 Å². The predicted molar refractivity (Wildman–Crippen MR) is 84.1 cm³/mol. The highest BCUT2D eigenvalue weighted by Crippen LogP contribution is 2.08. The maximum Gasteiger partial charge on any atom is 0.151 e. The summed E-state index contributed by atoms with van der Waals surface area (Å²) < 4.78 is 2.00. The Kier molecular flexibility index (Phi) is 6.68. The van der Waals surface area contributed by atoms with Gasteiger partial charge in [0.2, 0.25) is 0 Å². The molecule has 2 rings (SSSR count). The number of nitrogens with one attached hydrogen (secondary N) is 1. The highest BCUT2D eigenvalue weighted by molar-refractivity contribution is 5.85. The van der Waals surface area contributed by atoms with Gasteiger partial charge in [-0.1, -0.05) is 44.2 Å². The third-order valence-corrected chi connectivity index (χ3v) is 2.89. The molecule has 0 aliphatic carbocycles. The smallest absolute Gasteiger partial charge is 0.151 e. The monoisotopic (exact) mass is 294 g/mol. The normalized spacial score (nSPS) is 10.6. The number of hydrogen-bond acceptors (Lipinski definition) is 3. The first kappa shape index (κ1) is 16.7. The van der Waals surface area contributed by atoms with Gasteiger partial charge in [0.1, 0.15) is 5.82 Å². The fraction of sp³-hybridized carbons (Fsp3) is 0.467. The molecule has 1 aromatic heterocycles. The van der Waals surface area contributed by atoms with E-state index in [9.17, 15) is 0 Å². The molecule has 0 aliphatic rings. The van der Waals surface area contributed by atoms with Crippen molar-refractivity contribution in [1.82, 2.24) is 20.1 Å². The van der Waals surface area contributed by atoms with Crippen LogP contribution in [0.15, 0.2) is 30.3 Å². The maximum atomic E-state index is 4.63. The van der Waals surface area contributed by atoms with Crippen LogP contribution in [0.4, 0.5) is 0 Å². The Balaban J connectivity index is 0.00000200. The standard InChI is InChI=1S/C15H22N4.ClH/c1-12(2)9-14-17-15(10-16-3)19(18-14)11-13-7-5-4-6-8-13;/h4-8,12,16H,9-11H2,1-3H3;1H.